The summed E-state index contributed by atoms with van der Waals surface area (Å²) in [5.41, 5.74) is 1.31. The zero-order valence-corrected chi connectivity index (χ0v) is 22.3. The first-order valence-electron chi connectivity index (χ1n) is 11.4. The molecule has 1 amide bonds. The van der Waals surface area contributed by atoms with Gasteiger partial charge in [0.25, 0.3) is 11.5 Å². The first-order valence-corrected chi connectivity index (χ1v) is 14.5. The maximum atomic E-state index is 13.4. The molecule has 12 heteroatoms. The number of anilines is 1. The number of nitrogens with one attached hydrogen (secondary N) is 1. The van der Waals surface area contributed by atoms with Crippen molar-refractivity contribution >= 4 is 61.6 Å². The number of hydrogen-bond donors (Lipinski definition) is 1. The van der Waals surface area contributed by atoms with Crippen LogP contribution in [0.15, 0.2) is 28.0 Å². The van der Waals surface area contributed by atoms with Gasteiger partial charge in [0.2, 0.25) is 0 Å². The van der Waals surface area contributed by atoms with Crippen molar-refractivity contribution in [1.82, 2.24) is 14.3 Å². The standard InChI is InChI=1S/C23H28N4O5S3/c1-14(2)32-10-5-8-24-19-17(21(28)26-9-4-6-15(3)20(26)25-19)12-18-22(29)27(23(33)34-18)16-7-11-35(30,31)13-16/h4,6,9,12,14,16,24H,5,7-8,10-11,13H2,1-3H3/t16-/m1/s1. The summed E-state index contributed by atoms with van der Waals surface area (Å²) in [5, 5.41) is 3.23. The van der Waals surface area contributed by atoms with Crippen molar-refractivity contribution in [3.8, 4) is 0 Å². The fourth-order valence-electron chi connectivity index (χ4n) is 4.08. The van der Waals surface area contributed by atoms with E-state index in [1.807, 2.05) is 26.8 Å². The van der Waals surface area contributed by atoms with Crippen molar-refractivity contribution in [2.75, 3.05) is 30.0 Å². The van der Waals surface area contributed by atoms with Crippen LogP contribution in [0.2, 0.25) is 0 Å². The van der Waals surface area contributed by atoms with Gasteiger partial charge in [-0.1, -0.05) is 30.0 Å². The number of hydrogen-bond acceptors (Lipinski definition) is 9. The van der Waals surface area contributed by atoms with Gasteiger partial charge in [0.05, 0.1) is 34.1 Å². The van der Waals surface area contributed by atoms with Crippen molar-refractivity contribution in [2.24, 2.45) is 0 Å². The van der Waals surface area contributed by atoms with E-state index in [0.717, 1.165) is 17.3 Å². The lowest BCUT2D eigenvalue weighted by Gasteiger charge is -2.20. The highest BCUT2D eigenvalue weighted by Gasteiger charge is 2.42. The Labute approximate surface area is 213 Å². The van der Waals surface area contributed by atoms with E-state index in [1.165, 1.54) is 15.4 Å². The van der Waals surface area contributed by atoms with E-state index >= 15 is 0 Å². The Kier molecular flexibility index (Phi) is 7.65. The highest BCUT2D eigenvalue weighted by Crippen LogP contribution is 2.36. The van der Waals surface area contributed by atoms with E-state index in [0.29, 0.717) is 41.8 Å². The second-order valence-corrected chi connectivity index (χ2v) is 12.8. The Morgan fingerprint density at radius 3 is 2.83 bits per heavy atom. The summed E-state index contributed by atoms with van der Waals surface area (Å²) >= 11 is 6.48. The third-order valence-electron chi connectivity index (χ3n) is 5.82. The van der Waals surface area contributed by atoms with Gasteiger partial charge in [-0.2, -0.15) is 0 Å². The first kappa shape index (κ1) is 25.8. The molecule has 0 saturated carbocycles. The van der Waals surface area contributed by atoms with Crippen LogP contribution in [0.1, 0.15) is 37.8 Å². The monoisotopic (exact) mass is 536 g/mol. The van der Waals surface area contributed by atoms with Crippen LogP contribution in [0, 0.1) is 6.92 Å². The SMILES string of the molecule is Cc1cccn2c(=O)c(C=C3SC(=S)N([C@@H]4CCS(=O)(=O)C4)C3=O)c(NCCCOC(C)C)nc12. The Morgan fingerprint density at radius 2 is 2.14 bits per heavy atom. The molecule has 2 saturated heterocycles. The van der Waals surface area contributed by atoms with Gasteiger partial charge in [-0.3, -0.25) is 18.9 Å². The highest BCUT2D eigenvalue weighted by atomic mass is 32.2. The normalized spacial score (nSPS) is 21.1. The van der Waals surface area contributed by atoms with Crippen LogP contribution < -0.4 is 10.9 Å². The Hall–Kier alpha value is -2.28. The van der Waals surface area contributed by atoms with E-state index < -0.39 is 15.9 Å². The Bertz CT molecular complexity index is 1370. The van der Waals surface area contributed by atoms with E-state index in [-0.39, 0.29) is 39.5 Å². The van der Waals surface area contributed by atoms with Gasteiger partial charge >= 0.3 is 0 Å². The number of amides is 1. The molecule has 0 bridgehead atoms. The second-order valence-electron chi connectivity index (χ2n) is 8.87. The minimum Gasteiger partial charge on any atom is -0.379 e. The summed E-state index contributed by atoms with van der Waals surface area (Å²) in [4.78, 5) is 33.0. The number of thiocarbonyl (C=S) groups is 1. The number of nitrogens with zero attached hydrogens (tertiary/aromatic N) is 3. The molecular formula is C23H28N4O5S3. The van der Waals surface area contributed by atoms with Crippen molar-refractivity contribution in [1.29, 1.82) is 0 Å². The van der Waals surface area contributed by atoms with Crippen LogP contribution in [0.3, 0.4) is 0 Å². The summed E-state index contributed by atoms with van der Waals surface area (Å²) in [6.07, 6.45) is 4.36. The lowest BCUT2D eigenvalue weighted by atomic mass is 10.2. The fourth-order valence-corrected chi connectivity index (χ4v) is 7.16. The predicted octanol–water partition coefficient (Wildman–Crippen LogP) is 2.62. The molecule has 0 unspecified atom stereocenters. The summed E-state index contributed by atoms with van der Waals surface area (Å²) < 4.78 is 31.2. The molecule has 9 nitrogen and oxygen atoms in total. The summed E-state index contributed by atoms with van der Waals surface area (Å²) in [6, 6.07) is 3.17. The Morgan fingerprint density at radius 1 is 1.37 bits per heavy atom. The van der Waals surface area contributed by atoms with Gasteiger partial charge in [-0.15, -0.1) is 0 Å². The number of rotatable bonds is 8. The van der Waals surface area contributed by atoms with Crippen molar-refractivity contribution in [3.63, 3.8) is 0 Å². The van der Waals surface area contributed by atoms with Crippen LogP contribution >= 0.6 is 24.0 Å². The number of sulfone groups is 1. The molecule has 188 valence electrons. The van der Waals surface area contributed by atoms with Crippen molar-refractivity contribution < 1.29 is 17.9 Å². The molecule has 1 atom stereocenters. The van der Waals surface area contributed by atoms with Crippen LogP contribution in [0.5, 0.6) is 0 Å². The van der Waals surface area contributed by atoms with Crippen LogP contribution in [-0.2, 0) is 19.4 Å². The smallest absolute Gasteiger partial charge is 0.267 e. The van der Waals surface area contributed by atoms with Gasteiger partial charge < -0.3 is 10.1 Å². The largest absolute Gasteiger partial charge is 0.379 e. The van der Waals surface area contributed by atoms with Gasteiger partial charge in [0.1, 0.15) is 15.8 Å². The van der Waals surface area contributed by atoms with Gasteiger partial charge in [-0.05, 0) is 51.3 Å². The number of thioether (sulfide) groups is 1. The molecule has 0 spiro atoms. The summed E-state index contributed by atoms with van der Waals surface area (Å²) in [6.45, 7) is 6.91. The highest BCUT2D eigenvalue weighted by molar-refractivity contribution is 8.26. The molecule has 2 aromatic heterocycles. The number of ether oxygens (including phenoxy) is 1. The molecule has 2 fully saturated rings. The van der Waals surface area contributed by atoms with Crippen LogP contribution in [0.4, 0.5) is 5.82 Å². The average molecular weight is 537 g/mol. The predicted molar refractivity (Wildman–Crippen MR) is 142 cm³/mol. The van der Waals surface area contributed by atoms with E-state index in [4.69, 9.17) is 21.9 Å². The van der Waals surface area contributed by atoms with Crippen molar-refractivity contribution in [2.45, 2.75) is 45.8 Å². The molecule has 0 aliphatic carbocycles. The van der Waals surface area contributed by atoms with Gasteiger partial charge in [0, 0.05) is 19.3 Å². The molecule has 0 radical (unpaired) electrons. The van der Waals surface area contributed by atoms with Crippen LogP contribution in [-0.4, -0.2) is 69.7 Å². The van der Waals surface area contributed by atoms with Gasteiger partial charge in [-0.25, -0.2) is 13.4 Å². The molecule has 2 aliphatic rings. The fraction of sp³-hybridized carbons (Fsp3) is 0.478. The molecule has 2 aromatic rings. The van der Waals surface area contributed by atoms with E-state index in [9.17, 15) is 18.0 Å². The minimum absolute atomic E-state index is 0.0393. The maximum Gasteiger partial charge on any atom is 0.267 e. The molecular weight excluding hydrogens is 508 g/mol. The number of aryl methyl sites for hydroxylation is 1. The first-order chi connectivity index (χ1) is 16.6. The number of fused-ring (bicyclic) bond motifs is 1. The lowest BCUT2D eigenvalue weighted by Crippen LogP contribution is -2.39. The number of carbonyl (C=O) groups is 1. The topological polar surface area (TPSA) is 110 Å². The molecule has 35 heavy (non-hydrogen) atoms. The summed E-state index contributed by atoms with van der Waals surface area (Å²) in [5.74, 6) is -0.0653. The second kappa shape index (κ2) is 10.4. The maximum absolute atomic E-state index is 13.4. The number of carbonyl (C=O) groups excluding carboxylic acids is 1. The molecule has 0 aromatic carbocycles. The molecule has 1 N–H and O–H groups in total. The number of aromatic nitrogens is 2. The average Bonchev–Trinajstić information content (AvgIpc) is 3.27. The minimum atomic E-state index is -3.18. The number of pyridine rings is 1. The third kappa shape index (κ3) is 5.60. The molecule has 4 heterocycles. The summed E-state index contributed by atoms with van der Waals surface area (Å²) in [7, 11) is -3.18. The Balaban J connectivity index is 1.68. The molecule has 2 aliphatic heterocycles. The third-order valence-corrected chi connectivity index (χ3v) is 8.90. The molecule has 4 rings (SSSR count). The van der Waals surface area contributed by atoms with E-state index in [1.54, 1.807) is 12.3 Å². The zero-order chi connectivity index (χ0) is 25.3. The zero-order valence-electron chi connectivity index (χ0n) is 19.8. The van der Waals surface area contributed by atoms with Crippen LogP contribution in [0.25, 0.3) is 11.7 Å². The lowest BCUT2D eigenvalue weighted by molar-refractivity contribution is -0.123. The quantitative estimate of drug-likeness (QED) is 0.309. The van der Waals surface area contributed by atoms with Gasteiger partial charge in [0.15, 0.2) is 9.84 Å². The van der Waals surface area contributed by atoms with E-state index in [2.05, 4.69) is 5.32 Å². The van der Waals surface area contributed by atoms with Crippen molar-refractivity contribution in [3.05, 3.63) is 44.7 Å².